The minimum Gasteiger partial charge on any atom is -0.306 e. The number of hydrogen-bond donors (Lipinski definition) is 0. The standard InChI is InChI=1S/C33H21N5/c1-2-8-23(9-3-1)28-21-37-20-25(17-18-29(37)34-28)22-13-15-24(16-14-22)31-26-10-4-5-11-27(26)32-33(36-31)38-19-7-6-12-30(38)35-32/h1-21H. The number of fused-ring (bicyclic) bond motifs is 6. The normalized spacial score (nSPS) is 11.7. The minimum atomic E-state index is 0.873. The van der Waals surface area contributed by atoms with Crippen molar-refractivity contribution in [2.75, 3.05) is 0 Å². The predicted molar refractivity (Wildman–Crippen MR) is 153 cm³/mol. The maximum atomic E-state index is 5.12. The number of benzene rings is 3. The van der Waals surface area contributed by atoms with Gasteiger partial charge in [0.1, 0.15) is 16.8 Å². The first kappa shape index (κ1) is 20.9. The third-order valence-electron chi connectivity index (χ3n) is 7.17. The summed E-state index contributed by atoms with van der Waals surface area (Å²) in [6, 6.07) is 37.6. The lowest BCUT2D eigenvalue weighted by Crippen LogP contribution is -1.92. The van der Waals surface area contributed by atoms with Gasteiger partial charge in [-0.05, 0) is 35.4 Å². The van der Waals surface area contributed by atoms with E-state index in [1.54, 1.807) is 0 Å². The summed E-state index contributed by atoms with van der Waals surface area (Å²) in [7, 11) is 0. The fraction of sp³-hybridized carbons (Fsp3) is 0. The van der Waals surface area contributed by atoms with Gasteiger partial charge in [-0.3, -0.25) is 4.40 Å². The number of pyridine rings is 3. The third-order valence-corrected chi connectivity index (χ3v) is 7.17. The van der Waals surface area contributed by atoms with E-state index < -0.39 is 0 Å². The van der Waals surface area contributed by atoms with E-state index in [2.05, 4.69) is 94.0 Å². The Kier molecular flexibility index (Phi) is 4.45. The molecule has 5 heteroatoms. The smallest absolute Gasteiger partial charge is 0.165 e. The van der Waals surface area contributed by atoms with Gasteiger partial charge in [0.2, 0.25) is 0 Å². The van der Waals surface area contributed by atoms with E-state index in [4.69, 9.17) is 15.0 Å². The fourth-order valence-electron chi connectivity index (χ4n) is 5.28. The largest absolute Gasteiger partial charge is 0.306 e. The number of imidazole rings is 2. The predicted octanol–water partition coefficient (Wildman–Crippen LogP) is 7.68. The van der Waals surface area contributed by atoms with Crippen LogP contribution >= 0.6 is 0 Å². The van der Waals surface area contributed by atoms with Crippen molar-refractivity contribution in [1.82, 2.24) is 23.8 Å². The van der Waals surface area contributed by atoms with Gasteiger partial charge >= 0.3 is 0 Å². The molecule has 178 valence electrons. The molecule has 5 aromatic heterocycles. The molecule has 5 nitrogen and oxygen atoms in total. The highest BCUT2D eigenvalue weighted by molar-refractivity contribution is 6.09. The van der Waals surface area contributed by atoms with Crippen LogP contribution in [0.25, 0.3) is 66.9 Å². The molecule has 0 aliphatic rings. The lowest BCUT2D eigenvalue weighted by molar-refractivity contribution is 1.19. The van der Waals surface area contributed by atoms with Crippen LogP contribution in [-0.4, -0.2) is 23.8 Å². The quantitative estimate of drug-likeness (QED) is 0.257. The first-order valence-corrected chi connectivity index (χ1v) is 12.6. The molecule has 0 saturated heterocycles. The van der Waals surface area contributed by atoms with E-state index >= 15 is 0 Å². The molecule has 5 heterocycles. The van der Waals surface area contributed by atoms with Crippen molar-refractivity contribution in [3.8, 4) is 33.6 Å². The Hall–Kier alpha value is -5.29. The molecule has 0 spiro atoms. The monoisotopic (exact) mass is 487 g/mol. The summed E-state index contributed by atoms with van der Waals surface area (Å²) in [5, 5.41) is 2.21. The molecule has 0 bridgehead atoms. The van der Waals surface area contributed by atoms with Crippen LogP contribution in [0.5, 0.6) is 0 Å². The molecule has 0 amide bonds. The van der Waals surface area contributed by atoms with Crippen molar-refractivity contribution < 1.29 is 0 Å². The van der Waals surface area contributed by atoms with E-state index in [0.717, 1.165) is 66.9 Å². The Morgan fingerprint density at radius 2 is 1.21 bits per heavy atom. The summed E-state index contributed by atoms with van der Waals surface area (Å²) < 4.78 is 4.16. The fourth-order valence-corrected chi connectivity index (χ4v) is 5.28. The number of rotatable bonds is 3. The lowest BCUT2D eigenvalue weighted by atomic mass is 10.0. The van der Waals surface area contributed by atoms with Crippen LogP contribution in [0.2, 0.25) is 0 Å². The molecule has 0 unspecified atom stereocenters. The van der Waals surface area contributed by atoms with E-state index in [1.807, 2.05) is 42.6 Å². The molecule has 0 N–H and O–H groups in total. The van der Waals surface area contributed by atoms with Gasteiger partial charge in [0, 0.05) is 40.5 Å². The molecular formula is C33H21N5. The van der Waals surface area contributed by atoms with Crippen molar-refractivity contribution >= 4 is 33.2 Å². The molecule has 38 heavy (non-hydrogen) atoms. The first-order chi connectivity index (χ1) is 18.8. The number of aromatic nitrogens is 5. The van der Waals surface area contributed by atoms with Crippen LogP contribution in [-0.2, 0) is 0 Å². The van der Waals surface area contributed by atoms with Crippen LogP contribution in [0.4, 0.5) is 0 Å². The molecule has 0 aliphatic heterocycles. The first-order valence-electron chi connectivity index (χ1n) is 12.6. The molecule has 0 radical (unpaired) electrons. The zero-order valence-electron chi connectivity index (χ0n) is 20.4. The molecule has 0 saturated carbocycles. The second-order valence-electron chi connectivity index (χ2n) is 9.47. The van der Waals surface area contributed by atoms with Crippen LogP contribution in [0, 0.1) is 0 Å². The van der Waals surface area contributed by atoms with Crippen LogP contribution in [0.3, 0.4) is 0 Å². The van der Waals surface area contributed by atoms with E-state index in [1.165, 1.54) is 0 Å². The number of hydrogen-bond acceptors (Lipinski definition) is 3. The summed E-state index contributed by atoms with van der Waals surface area (Å²) in [4.78, 5) is 14.8. The van der Waals surface area contributed by atoms with Gasteiger partial charge in [0.25, 0.3) is 0 Å². The lowest BCUT2D eigenvalue weighted by Gasteiger charge is -2.09. The molecular weight excluding hydrogens is 466 g/mol. The Labute approximate surface area is 218 Å². The minimum absolute atomic E-state index is 0.873. The Bertz CT molecular complexity index is 2120. The summed E-state index contributed by atoms with van der Waals surface area (Å²) in [6.07, 6.45) is 6.25. The molecule has 3 aromatic carbocycles. The van der Waals surface area contributed by atoms with Gasteiger partial charge in [-0.1, -0.05) is 84.9 Å². The van der Waals surface area contributed by atoms with Gasteiger partial charge in [-0.2, -0.15) is 0 Å². The van der Waals surface area contributed by atoms with Crippen LogP contribution in [0.15, 0.2) is 128 Å². The second-order valence-corrected chi connectivity index (χ2v) is 9.47. The van der Waals surface area contributed by atoms with Gasteiger partial charge < -0.3 is 4.40 Å². The van der Waals surface area contributed by atoms with Crippen LogP contribution in [0.1, 0.15) is 0 Å². The van der Waals surface area contributed by atoms with E-state index in [0.29, 0.717) is 0 Å². The van der Waals surface area contributed by atoms with Gasteiger partial charge in [-0.25, -0.2) is 15.0 Å². The summed E-state index contributed by atoms with van der Waals surface area (Å²) in [6.45, 7) is 0. The van der Waals surface area contributed by atoms with Crippen molar-refractivity contribution in [2.24, 2.45) is 0 Å². The van der Waals surface area contributed by atoms with Crippen molar-refractivity contribution in [1.29, 1.82) is 0 Å². The summed E-state index contributed by atoms with van der Waals surface area (Å²) in [5.74, 6) is 0. The average Bonchev–Trinajstić information content (AvgIpc) is 3.59. The molecule has 0 fully saturated rings. The maximum absolute atomic E-state index is 5.12. The summed E-state index contributed by atoms with van der Waals surface area (Å²) >= 11 is 0. The van der Waals surface area contributed by atoms with E-state index in [9.17, 15) is 0 Å². The van der Waals surface area contributed by atoms with E-state index in [-0.39, 0.29) is 0 Å². The Balaban J connectivity index is 1.22. The topological polar surface area (TPSA) is 47.5 Å². The van der Waals surface area contributed by atoms with Gasteiger partial charge in [0.05, 0.1) is 11.4 Å². The van der Waals surface area contributed by atoms with Crippen LogP contribution < -0.4 is 0 Å². The molecule has 0 atom stereocenters. The number of nitrogens with zero attached hydrogens (tertiary/aromatic N) is 5. The average molecular weight is 488 g/mol. The SMILES string of the molecule is c1ccc(-c2cn3cc(-c4ccc(-c5nc6c(nc7ccccn76)c6ccccc56)cc4)ccc3n2)cc1. The summed E-state index contributed by atoms with van der Waals surface area (Å²) in [5.41, 5.74) is 10.0. The zero-order valence-corrected chi connectivity index (χ0v) is 20.4. The van der Waals surface area contributed by atoms with Crippen molar-refractivity contribution in [3.63, 3.8) is 0 Å². The van der Waals surface area contributed by atoms with Gasteiger partial charge in [0.15, 0.2) is 5.65 Å². The highest BCUT2D eigenvalue weighted by atomic mass is 15.1. The second kappa shape index (κ2) is 8.11. The molecule has 8 rings (SSSR count). The molecule has 0 aliphatic carbocycles. The Morgan fingerprint density at radius 3 is 2.08 bits per heavy atom. The highest BCUT2D eigenvalue weighted by Crippen LogP contribution is 2.33. The van der Waals surface area contributed by atoms with Crippen molar-refractivity contribution in [2.45, 2.75) is 0 Å². The third kappa shape index (κ3) is 3.22. The van der Waals surface area contributed by atoms with Crippen molar-refractivity contribution in [3.05, 3.63) is 128 Å². The maximum Gasteiger partial charge on any atom is 0.165 e. The van der Waals surface area contributed by atoms with Gasteiger partial charge in [-0.15, -0.1) is 0 Å². The highest BCUT2D eigenvalue weighted by Gasteiger charge is 2.15. The molecule has 8 aromatic rings. The Morgan fingerprint density at radius 1 is 0.474 bits per heavy atom. The zero-order chi connectivity index (χ0) is 25.1.